The SMILES string of the molecule is CCn1nc(C)c(N)c1Nc1ccc2cc(Br)ccc2c1. The van der Waals surface area contributed by atoms with Crippen molar-refractivity contribution in [2.75, 3.05) is 11.1 Å². The summed E-state index contributed by atoms with van der Waals surface area (Å²) in [7, 11) is 0. The number of fused-ring (bicyclic) bond motifs is 1. The molecule has 0 radical (unpaired) electrons. The van der Waals surface area contributed by atoms with Crippen molar-refractivity contribution in [3.05, 3.63) is 46.6 Å². The zero-order chi connectivity index (χ0) is 15.0. The van der Waals surface area contributed by atoms with Gasteiger partial charge in [0.1, 0.15) is 0 Å². The number of aryl methyl sites for hydroxylation is 2. The summed E-state index contributed by atoms with van der Waals surface area (Å²) in [6.07, 6.45) is 0. The van der Waals surface area contributed by atoms with Crippen LogP contribution in [0, 0.1) is 6.92 Å². The Labute approximate surface area is 132 Å². The molecule has 2 aromatic carbocycles. The predicted molar refractivity (Wildman–Crippen MR) is 92.0 cm³/mol. The minimum Gasteiger partial charge on any atom is -0.394 e. The highest BCUT2D eigenvalue weighted by molar-refractivity contribution is 9.10. The predicted octanol–water partition coefficient (Wildman–Crippen LogP) is 4.45. The smallest absolute Gasteiger partial charge is 0.152 e. The van der Waals surface area contributed by atoms with Crippen molar-refractivity contribution in [1.29, 1.82) is 0 Å². The summed E-state index contributed by atoms with van der Waals surface area (Å²) < 4.78 is 2.97. The topological polar surface area (TPSA) is 55.9 Å². The fraction of sp³-hybridized carbons (Fsp3) is 0.188. The number of hydrogen-bond acceptors (Lipinski definition) is 3. The van der Waals surface area contributed by atoms with E-state index in [2.05, 4.69) is 63.6 Å². The third kappa shape index (κ3) is 2.61. The van der Waals surface area contributed by atoms with Crippen LogP contribution >= 0.6 is 15.9 Å². The average molecular weight is 345 g/mol. The third-order valence-electron chi connectivity index (χ3n) is 3.54. The first-order valence-corrected chi connectivity index (χ1v) is 7.67. The van der Waals surface area contributed by atoms with E-state index in [4.69, 9.17) is 5.73 Å². The van der Waals surface area contributed by atoms with Gasteiger partial charge in [0.05, 0.1) is 11.4 Å². The molecule has 3 rings (SSSR count). The van der Waals surface area contributed by atoms with E-state index in [9.17, 15) is 0 Å². The quantitative estimate of drug-likeness (QED) is 0.737. The second-order valence-electron chi connectivity index (χ2n) is 4.99. The fourth-order valence-electron chi connectivity index (χ4n) is 2.39. The average Bonchev–Trinajstić information content (AvgIpc) is 2.75. The molecule has 21 heavy (non-hydrogen) atoms. The lowest BCUT2D eigenvalue weighted by molar-refractivity contribution is 0.661. The van der Waals surface area contributed by atoms with Gasteiger partial charge in [-0.3, -0.25) is 0 Å². The van der Waals surface area contributed by atoms with E-state index in [1.165, 1.54) is 10.8 Å². The standard InChI is InChI=1S/C16H17BrN4/c1-3-21-16(15(18)10(2)20-21)19-14-7-5-11-8-13(17)6-4-12(11)9-14/h4-9,19H,3,18H2,1-2H3. The second-order valence-corrected chi connectivity index (χ2v) is 5.91. The van der Waals surface area contributed by atoms with Gasteiger partial charge >= 0.3 is 0 Å². The lowest BCUT2D eigenvalue weighted by Crippen LogP contribution is -2.04. The zero-order valence-electron chi connectivity index (χ0n) is 12.0. The fourth-order valence-corrected chi connectivity index (χ4v) is 2.77. The van der Waals surface area contributed by atoms with Crippen LogP contribution in [-0.2, 0) is 6.54 Å². The van der Waals surface area contributed by atoms with E-state index < -0.39 is 0 Å². The highest BCUT2D eigenvalue weighted by Gasteiger charge is 2.11. The number of halogens is 1. The Morgan fingerprint density at radius 1 is 1.19 bits per heavy atom. The molecule has 0 bridgehead atoms. The number of nitrogens with one attached hydrogen (secondary N) is 1. The number of hydrogen-bond donors (Lipinski definition) is 2. The van der Waals surface area contributed by atoms with Gasteiger partial charge in [0.2, 0.25) is 0 Å². The van der Waals surface area contributed by atoms with Gasteiger partial charge < -0.3 is 11.1 Å². The Morgan fingerprint density at radius 3 is 2.67 bits per heavy atom. The van der Waals surface area contributed by atoms with E-state index in [1.807, 2.05) is 17.7 Å². The van der Waals surface area contributed by atoms with Crippen LogP contribution in [0.25, 0.3) is 10.8 Å². The number of anilines is 3. The number of aromatic nitrogens is 2. The maximum atomic E-state index is 6.11. The van der Waals surface area contributed by atoms with E-state index in [-0.39, 0.29) is 0 Å². The van der Waals surface area contributed by atoms with Crippen molar-refractivity contribution < 1.29 is 0 Å². The van der Waals surface area contributed by atoms with E-state index in [0.29, 0.717) is 5.69 Å². The number of nitrogens with zero attached hydrogens (tertiary/aromatic N) is 2. The maximum absolute atomic E-state index is 6.11. The first kappa shape index (κ1) is 13.9. The molecule has 0 unspecified atom stereocenters. The Hall–Kier alpha value is -2.01. The van der Waals surface area contributed by atoms with Gasteiger partial charge in [0, 0.05) is 16.7 Å². The van der Waals surface area contributed by atoms with Crippen molar-refractivity contribution >= 4 is 43.9 Å². The summed E-state index contributed by atoms with van der Waals surface area (Å²) in [6.45, 7) is 4.75. The molecule has 0 aliphatic rings. The highest BCUT2D eigenvalue weighted by atomic mass is 79.9. The van der Waals surface area contributed by atoms with Crippen molar-refractivity contribution in [2.24, 2.45) is 0 Å². The Bertz CT molecular complexity index is 807. The molecular formula is C16H17BrN4. The number of rotatable bonds is 3. The van der Waals surface area contributed by atoms with Crippen LogP contribution in [0.15, 0.2) is 40.9 Å². The minimum atomic E-state index is 0.702. The lowest BCUT2D eigenvalue weighted by atomic mass is 10.1. The molecule has 0 aliphatic carbocycles. The van der Waals surface area contributed by atoms with Crippen LogP contribution in [0.1, 0.15) is 12.6 Å². The summed E-state index contributed by atoms with van der Waals surface area (Å²) in [4.78, 5) is 0. The lowest BCUT2D eigenvalue weighted by Gasteiger charge is -2.10. The van der Waals surface area contributed by atoms with Gasteiger partial charge in [-0.1, -0.05) is 28.1 Å². The molecule has 0 saturated carbocycles. The van der Waals surface area contributed by atoms with Crippen LogP contribution in [0.4, 0.5) is 17.2 Å². The number of nitrogen functional groups attached to an aromatic ring is 1. The Kier molecular flexibility index (Phi) is 3.59. The molecule has 0 saturated heterocycles. The Morgan fingerprint density at radius 2 is 1.90 bits per heavy atom. The summed E-state index contributed by atoms with van der Waals surface area (Å²) in [5.41, 5.74) is 8.67. The van der Waals surface area contributed by atoms with Crippen molar-refractivity contribution in [3.63, 3.8) is 0 Å². The zero-order valence-corrected chi connectivity index (χ0v) is 13.6. The minimum absolute atomic E-state index is 0.702. The normalized spacial score (nSPS) is 11.0. The highest BCUT2D eigenvalue weighted by Crippen LogP contribution is 2.28. The molecule has 0 atom stereocenters. The second kappa shape index (κ2) is 5.41. The summed E-state index contributed by atoms with van der Waals surface area (Å²) in [5, 5.41) is 10.2. The van der Waals surface area contributed by atoms with Crippen molar-refractivity contribution in [3.8, 4) is 0 Å². The molecule has 1 heterocycles. The Balaban J connectivity index is 2.00. The first-order chi connectivity index (χ1) is 10.1. The molecule has 0 spiro atoms. The van der Waals surface area contributed by atoms with Crippen LogP contribution < -0.4 is 11.1 Å². The van der Waals surface area contributed by atoms with Crippen molar-refractivity contribution in [2.45, 2.75) is 20.4 Å². The van der Waals surface area contributed by atoms with Crippen molar-refractivity contribution in [1.82, 2.24) is 9.78 Å². The van der Waals surface area contributed by atoms with E-state index in [1.54, 1.807) is 0 Å². The third-order valence-corrected chi connectivity index (χ3v) is 4.03. The van der Waals surface area contributed by atoms with E-state index >= 15 is 0 Å². The number of benzene rings is 2. The molecule has 3 N–H and O–H groups in total. The molecule has 4 nitrogen and oxygen atoms in total. The van der Waals surface area contributed by atoms with Gasteiger partial charge in [0.15, 0.2) is 5.82 Å². The van der Waals surface area contributed by atoms with Gasteiger partial charge in [0.25, 0.3) is 0 Å². The van der Waals surface area contributed by atoms with Crippen LogP contribution in [0.5, 0.6) is 0 Å². The molecule has 0 aliphatic heterocycles. The van der Waals surface area contributed by atoms with Gasteiger partial charge in [-0.15, -0.1) is 0 Å². The molecule has 1 aromatic heterocycles. The summed E-state index contributed by atoms with van der Waals surface area (Å²) in [5.74, 6) is 0.853. The van der Waals surface area contributed by atoms with Gasteiger partial charge in [-0.2, -0.15) is 5.10 Å². The molecular weight excluding hydrogens is 328 g/mol. The molecule has 3 aromatic rings. The molecule has 108 valence electrons. The molecule has 0 fully saturated rings. The van der Waals surface area contributed by atoms with Gasteiger partial charge in [-0.05, 0) is 48.9 Å². The monoisotopic (exact) mass is 344 g/mol. The summed E-state index contributed by atoms with van der Waals surface area (Å²) >= 11 is 3.49. The largest absolute Gasteiger partial charge is 0.394 e. The van der Waals surface area contributed by atoms with Crippen LogP contribution in [-0.4, -0.2) is 9.78 Å². The first-order valence-electron chi connectivity index (χ1n) is 6.87. The number of nitrogens with two attached hydrogens (primary N) is 1. The maximum Gasteiger partial charge on any atom is 0.152 e. The van der Waals surface area contributed by atoms with Crippen LogP contribution in [0.3, 0.4) is 0 Å². The van der Waals surface area contributed by atoms with E-state index in [0.717, 1.165) is 28.2 Å². The van der Waals surface area contributed by atoms with Gasteiger partial charge in [-0.25, -0.2) is 4.68 Å². The molecule has 5 heteroatoms. The summed E-state index contributed by atoms with van der Waals surface area (Å²) in [6, 6.07) is 12.5. The van der Waals surface area contributed by atoms with Crippen LogP contribution in [0.2, 0.25) is 0 Å². The molecule has 0 amide bonds.